The molecule has 30 heavy (non-hydrogen) atoms. The Labute approximate surface area is 204 Å². The maximum Gasteiger partial charge on any atom is 1.00 e. The van der Waals surface area contributed by atoms with E-state index in [1.54, 1.807) is 12.1 Å². The molecule has 0 saturated heterocycles. The summed E-state index contributed by atoms with van der Waals surface area (Å²) in [6.45, 7) is 0. The largest absolute Gasteiger partial charge is 1.00 e. The summed E-state index contributed by atoms with van der Waals surface area (Å²) in [5, 5.41) is 22.6. The van der Waals surface area contributed by atoms with E-state index in [0.717, 1.165) is 36.8 Å². The summed E-state index contributed by atoms with van der Waals surface area (Å²) in [6.07, 6.45) is 3.94. The van der Waals surface area contributed by atoms with Crippen molar-refractivity contribution in [2.24, 2.45) is 0 Å². The van der Waals surface area contributed by atoms with E-state index in [1.807, 2.05) is 30.3 Å². The molecule has 0 bridgehead atoms. The van der Waals surface area contributed by atoms with Gasteiger partial charge >= 0.3 is 29.6 Å². The second kappa shape index (κ2) is 8.40. The van der Waals surface area contributed by atoms with Crippen molar-refractivity contribution in [2.75, 3.05) is 0 Å². The molecule has 2 aromatic carbocycles. The molecule has 1 aliphatic rings. The van der Waals surface area contributed by atoms with Crippen LogP contribution in [0.3, 0.4) is 0 Å². The minimum Gasteiger partial charge on any atom is -0.507 e. The fraction of sp³-hybridized carbons (Fsp3) is 0.174. The zero-order valence-electron chi connectivity index (χ0n) is 16.5. The van der Waals surface area contributed by atoms with E-state index in [2.05, 4.69) is 4.98 Å². The summed E-state index contributed by atoms with van der Waals surface area (Å²) in [4.78, 5) is 16.0. The first-order valence-corrected chi connectivity index (χ1v) is 10.7. The number of aromatic nitrogens is 1. The van der Waals surface area contributed by atoms with Crippen molar-refractivity contribution in [2.45, 2.75) is 25.7 Å². The van der Waals surface area contributed by atoms with Gasteiger partial charge in [0.1, 0.15) is 20.7 Å². The molecular formula is C23H18ClNNaO3S+. The van der Waals surface area contributed by atoms with Crippen molar-refractivity contribution >= 4 is 33.2 Å². The summed E-state index contributed by atoms with van der Waals surface area (Å²) in [6, 6.07) is 12.9. The third-order valence-corrected chi connectivity index (χ3v) is 6.94. The number of H-pyrrole nitrogens is 1. The van der Waals surface area contributed by atoms with Gasteiger partial charge in [0, 0.05) is 11.1 Å². The fourth-order valence-corrected chi connectivity index (χ4v) is 5.60. The van der Waals surface area contributed by atoms with E-state index in [1.165, 1.54) is 11.3 Å². The Morgan fingerprint density at radius 2 is 1.67 bits per heavy atom. The van der Waals surface area contributed by atoms with E-state index in [4.69, 9.17) is 11.6 Å². The van der Waals surface area contributed by atoms with Crippen molar-refractivity contribution in [3.05, 3.63) is 68.3 Å². The van der Waals surface area contributed by atoms with Crippen molar-refractivity contribution in [3.63, 3.8) is 0 Å². The zero-order valence-corrected chi connectivity index (χ0v) is 20.0. The molecule has 2 aromatic heterocycles. The molecule has 1 aliphatic carbocycles. The Bertz CT molecular complexity index is 1310. The van der Waals surface area contributed by atoms with Crippen molar-refractivity contribution in [1.82, 2.24) is 4.98 Å². The second-order valence-corrected chi connectivity index (χ2v) is 8.93. The maximum atomic E-state index is 12.7. The molecule has 0 aliphatic heterocycles. The number of phenolic OH excluding ortho intramolecular Hbond substituents is 1. The van der Waals surface area contributed by atoms with Gasteiger partial charge in [0.2, 0.25) is 0 Å². The van der Waals surface area contributed by atoms with E-state index in [0.29, 0.717) is 31.2 Å². The van der Waals surface area contributed by atoms with Crippen LogP contribution in [0.1, 0.15) is 24.0 Å². The number of benzene rings is 2. The van der Waals surface area contributed by atoms with Gasteiger partial charge in [-0.25, -0.2) is 0 Å². The molecule has 0 atom stereocenters. The third kappa shape index (κ3) is 3.39. The Morgan fingerprint density at radius 3 is 2.43 bits per heavy atom. The van der Waals surface area contributed by atoms with Crippen LogP contribution in [-0.4, -0.2) is 15.2 Å². The van der Waals surface area contributed by atoms with Gasteiger partial charge in [-0.3, -0.25) is 4.79 Å². The van der Waals surface area contributed by atoms with Gasteiger partial charge in [-0.1, -0.05) is 54.1 Å². The number of aromatic amines is 1. The number of aromatic hydroxyl groups is 2. The Hall–Kier alpha value is -1.76. The third-order valence-electron chi connectivity index (χ3n) is 5.63. The quantitative estimate of drug-likeness (QED) is 0.414. The molecule has 7 heteroatoms. The van der Waals surface area contributed by atoms with Gasteiger partial charge in [-0.05, 0) is 42.4 Å². The average molecular weight is 447 g/mol. The second-order valence-electron chi connectivity index (χ2n) is 7.31. The fourth-order valence-electron chi connectivity index (χ4n) is 4.24. The minimum absolute atomic E-state index is 0. The van der Waals surface area contributed by atoms with Crippen LogP contribution in [0.5, 0.6) is 11.5 Å². The van der Waals surface area contributed by atoms with E-state index in [-0.39, 0.29) is 52.2 Å². The summed E-state index contributed by atoms with van der Waals surface area (Å²) in [7, 11) is 0. The van der Waals surface area contributed by atoms with Gasteiger partial charge < -0.3 is 15.2 Å². The number of pyridine rings is 1. The molecule has 3 N–H and O–H groups in total. The smallest absolute Gasteiger partial charge is 0.507 e. The summed E-state index contributed by atoms with van der Waals surface area (Å²) < 4.78 is 0.419. The maximum absolute atomic E-state index is 12.7. The molecule has 2 heterocycles. The molecule has 146 valence electrons. The predicted molar refractivity (Wildman–Crippen MR) is 118 cm³/mol. The van der Waals surface area contributed by atoms with Crippen LogP contribution in [0.15, 0.2) is 47.3 Å². The molecule has 4 aromatic rings. The number of thiophene rings is 1. The molecule has 5 rings (SSSR count). The zero-order chi connectivity index (χ0) is 20.1. The van der Waals surface area contributed by atoms with Crippen LogP contribution in [0.2, 0.25) is 4.34 Å². The number of hydrogen-bond donors (Lipinski definition) is 3. The van der Waals surface area contributed by atoms with E-state index < -0.39 is 0 Å². The van der Waals surface area contributed by atoms with Gasteiger partial charge in [0.15, 0.2) is 0 Å². The van der Waals surface area contributed by atoms with Crippen molar-refractivity contribution in [1.29, 1.82) is 0 Å². The molecule has 0 radical (unpaired) electrons. The van der Waals surface area contributed by atoms with Gasteiger partial charge in [-0.15, -0.1) is 11.3 Å². The normalized spacial score (nSPS) is 13.1. The van der Waals surface area contributed by atoms with Crippen LogP contribution in [-0.2, 0) is 12.8 Å². The topological polar surface area (TPSA) is 73.3 Å². The number of hydrogen-bond acceptors (Lipinski definition) is 4. The number of nitrogens with one attached hydrogen (secondary N) is 1. The summed E-state index contributed by atoms with van der Waals surface area (Å²) in [5.41, 5.74) is 3.71. The standard InChI is InChI=1S/C23H18ClNO3S.Na/c24-21-17(15-11-10-12-6-4-5-9-14(12)19(15)26)18-20(27)16(13-7-2-1-3-8-13)22(28)25-23(18)29-21;/h1-3,7-8,10-11,26H,4-6,9H2,(H2,25,27,28);/q;+1. The number of fused-ring (bicyclic) bond motifs is 2. The van der Waals surface area contributed by atoms with Crippen LogP contribution in [0, 0.1) is 0 Å². The van der Waals surface area contributed by atoms with Gasteiger partial charge in [0.25, 0.3) is 5.56 Å². The van der Waals surface area contributed by atoms with Crippen LogP contribution < -0.4 is 35.1 Å². The first-order chi connectivity index (χ1) is 14.1. The molecule has 4 nitrogen and oxygen atoms in total. The average Bonchev–Trinajstić information content (AvgIpc) is 3.05. The number of phenols is 1. The summed E-state index contributed by atoms with van der Waals surface area (Å²) >= 11 is 7.74. The molecule has 0 amide bonds. The monoisotopic (exact) mass is 446 g/mol. The van der Waals surface area contributed by atoms with Gasteiger partial charge in [0.05, 0.1) is 10.9 Å². The van der Waals surface area contributed by atoms with Crippen LogP contribution >= 0.6 is 22.9 Å². The van der Waals surface area contributed by atoms with Crippen molar-refractivity contribution in [3.8, 4) is 33.8 Å². The molecule has 0 unspecified atom stereocenters. The first kappa shape index (κ1) is 21.5. The molecular weight excluding hydrogens is 429 g/mol. The number of halogens is 1. The predicted octanol–water partition coefficient (Wildman–Crippen LogP) is 2.87. The SMILES string of the molecule is O=c1[nH]c2sc(Cl)c(-c3ccc4c(c3O)CCCC4)c2c(O)c1-c1ccccc1.[Na+]. The Balaban J connectivity index is 0.00000218. The van der Waals surface area contributed by atoms with Crippen molar-refractivity contribution < 1.29 is 39.8 Å². The Kier molecular flexibility index (Phi) is 6.02. The number of aryl methyl sites for hydroxylation is 1. The number of rotatable bonds is 2. The summed E-state index contributed by atoms with van der Waals surface area (Å²) in [5.74, 6) is 0.0980. The minimum atomic E-state index is -0.375. The van der Waals surface area contributed by atoms with E-state index in [9.17, 15) is 15.0 Å². The van der Waals surface area contributed by atoms with Gasteiger partial charge in [-0.2, -0.15) is 0 Å². The molecule has 0 fully saturated rings. The first-order valence-electron chi connectivity index (χ1n) is 9.53. The molecule has 0 spiro atoms. The van der Waals surface area contributed by atoms with E-state index >= 15 is 0 Å². The van der Waals surface area contributed by atoms with Crippen LogP contribution in [0.25, 0.3) is 32.5 Å². The molecule has 0 saturated carbocycles. The Morgan fingerprint density at radius 1 is 0.933 bits per heavy atom. The van der Waals surface area contributed by atoms with Crippen LogP contribution in [0.4, 0.5) is 0 Å².